The van der Waals surface area contributed by atoms with Gasteiger partial charge in [-0.05, 0) is 70.6 Å². The summed E-state index contributed by atoms with van der Waals surface area (Å²) in [6.07, 6.45) is 47.4. The average molecular weight is 812 g/mol. The Hall–Kier alpha value is -1.77. The summed E-state index contributed by atoms with van der Waals surface area (Å²) in [5.74, 6) is -0.839. The van der Waals surface area contributed by atoms with Gasteiger partial charge >= 0.3 is 19.8 Å². The van der Waals surface area contributed by atoms with Crippen LogP contribution in [0.15, 0.2) is 36.5 Å². The first-order chi connectivity index (χ1) is 27.3. The van der Waals surface area contributed by atoms with Crippen molar-refractivity contribution in [2.75, 3.05) is 26.4 Å². The van der Waals surface area contributed by atoms with Gasteiger partial charge in [0.1, 0.15) is 6.61 Å². The molecule has 328 valence electrons. The lowest BCUT2D eigenvalue weighted by atomic mass is 10.1. The molecule has 0 spiro atoms. The van der Waals surface area contributed by atoms with Crippen molar-refractivity contribution in [3.05, 3.63) is 36.5 Å². The normalized spacial score (nSPS) is 13.6. The molecule has 2 atom stereocenters. The maximum atomic E-state index is 12.6. The molecule has 0 saturated carbocycles. The summed E-state index contributed by atoms with van der Waals surface area (Å²) in [4.78, 5) is 34.9. The fourth-order valence-electron chi connectivity index (χ4n) is 6.31. The summed E-state index contributed by atoms with van der Waals surface area (Å²) in [6, 6.07) is 0. The Morgan fingerprint density at radius 1 is 0.536 bits per heavy atom. The zero-order valence-electron chi connectivity index (χ0n) is 36.1. The van der Waals surface area contributed by atoms with Crippen molar-refractivity contribution in [1.82, 2.24) is 0 Å². The van der Waals surface area contributed by atoms with E-state index in [1.165, 1.54) is 109 Å². The predicted octanol–water partition coefficient (Wildman–Crippen LogP) is 13.3. The molecule has 10 heteroatoms. The Bertz CT molecular complexity index is 1020. The number of phosphoric acid groups is 1. The lowest BCUT2D eigenvalue weighted by Crippen LogP contribution is -2.29. The zero-order chi connectivity index (χ0) is 41.1. The van der Waals surface area contributed by atoms with Crippen molar-refractivity contribution in [1.29, 1.82) is 0 Å². The van der Waals surface area contributed by atoms with Crippen LogP contribution in [0.25, 0.3) is 0 Å². The van der Waals surface area contributed by atoms with Gasteiger partial charge in [0.15, 0.2) is 6.10 Å². The molecule has 0 rings (SSSR count). The van der Waals surface area contributed by atoms with Gasteiger partial charge in [0.05, 0.1) is 13.2 Å². The first-order valence-electron chi connectivity index (χ1n) is 23.0. The molecule has 9 nitrogen and oxygen atoms in total. The molecule has 0 fully saturated rings. The third kappa shape index (κ3) is 41.9. The molecular formula is C46H86NO8P. The Morgan fingerprint density at radius 2 is 0.929 bits per heavy atom. The number of phosphoric ester groups is 1. The number of rotatable bonds is 43. The average Bonchev–Trinajstić information content (AvgIpc) is 3.18. The van der Waals surface area contributed by atoms with Crippen molar-refractivity contribution in [3.8, 4) is 0 Å². The van der Waals surface area contributed by atoms with Crippen LogP contribution in [0.4, 0.5) is 0 Å². The lowest BCUT2D eigenvalue weighted by Gasteiger charge is -2.19. The third-order valence-corrected chi connectivity index (χ3v) is 10.7. The number of carbonyl (C=O) groups is 2. The van der Waals surface area contributed by atoms with Gasteiger partial charge in [0.2, 0.25) is 0 Å². The van der Waals surface area contributed by atoms with Crippen molar-refractivity contribution in [3.63, 3.8) is 0 Å². The molecule has 0 aliphatic heterocycles. The van der Waals surface area contributed by atoms with Gasteiger partial charge in [-0.2, -0.15) is 0 Å². The Labute approximate surface area is 344 Å². The molecule has 0 amide bonds. The smallest absolute Gasteiger partial charge is 0.462 e. The van der Waals surface area contributed by atoms with Crippen molar-refractivity contribution < 1.29 is 37.6 Å². The first-order valence-corrected chi connectivity index (χ1v) is 24.5. The Morgan fingerprint density at radius 3 is 1.41 bits per heavy atom. The van der Waals surface area contributed by atoms with E-state index in [-0.39, 0.29) is 38.6 Å². The topological polar surface area (TPSA) is 134 Å². The second kappa shape index (κ2) is 42.8. The van der Waals surface area contributed by atoms with Crippen LogP contribution in [0.1, 0.15) is 213 Å². The number of ether oxygens (including phenoxy) is 2. The molecular weight excluding hydrogens is 725 g/mol. The monoisotopic (exact) mass is 812 g/mol. The number of hydrogen-bond acceptors (Lipinski definition) is 8. The number of hydrogen-bond donors (Lipinski definition) is 2. The maximum absolute atomic E-state index is 12.6. The van der Waals surface area contributed by atoms with Gasteiger partial charge < -0.3 is 20.1 Å². The standard InChI is InChI=1S/C46H86NO8P/c1-3-5-7-9-11-13-15-17-19-21-22-23-25-27-29-31-33-35-37-39-46(49)55-44(43-54-56(50,51)53-41-40-47)42-52-45(48)38-36-34-32-30-28-26-24-20-18-16-14-12-10-8-6-4-2/h11,13,17,19-20,24,44H,3-10,12,14-16,18,21-23,25-43,47H2,1-2H3,(H,50,51)/b13-11-,19-17-,24-20-/t44-/m1/s1. The number of nitrogens with two attached hydrogens (primary N) is 1. The minimum atomic E-state index is -4.38. The summed E-state index contributed by atoms with van der Waals surface area (Å²) in [7, 11) is -4.38. The van der Waals surface area contributed by atoms with Gasteiger partial charge in [-0.25, -0.2) is 4.57 Å². The molecule has 0 aromatic carbocycles. The minimum Gasteiger partial charge on any atom is -0.462 e. The summed E-state index contributed by atoms with van der Waals surface area (Å²) >= 11 is 0. The highest BCUT2D eigenvalue weighted by Gasteiger charge is 2.26. The molecule has 56 heavy (non-hydrogen) atoms. The predicted molar refractivity (Wildman–Crippen MR) is 234 cm³/mol. The van der Waals surface area contributed by atoms with E-state index in [4.69, 9.17) is 24.3 Å². The second-order valence-electron chi connectivity index (χ2n) is 15.3. The molecule has 0 aromatic heterocycles. The van der Waals surface area contributed by atoms with E-state index in [0.717, 1.165) is 70.6 Å². The van der Waals surface area contributed by atoms with Gasteiger partial charge in [0, 0.05) is 19.4 Å². The SMILES string of the molecule is CCCCC/C=C\C/C=C\CCCCCCCCCCCC(=O)O[C@H](COC(=O)CCCCCCC/C=C\CCCCCCCCC)COP(=O)(O)OCCN. The van der Waals surface area contributed by atoms with Crippen LogP contribution in [0, 0.1) is 0 Å². The fraction of sp³-hybridized carbons (Fsp3) is 0.826. The van der Waals surface area contributed by atoms with Crippen LogP contribution in [0.5, 0.6) is 0 Å². The van der Waals surface area contributed by atoms with Crippen LogP contribution in [-0.2, 0) is 32.7 Å². The summed E-state index contributed by atoms with van der Waals surface area (Å²) in [5.41, 5.74) is 5.35. The minimum absolute atomic E-state index is 0.0515. The summed E-state index contributed by atoms with van der Waals surface area (Å²) < 4.78 is 32.8. The molecule has 3 N–H and O–H groups in total. The highest BCUT2D eigenvalue weighted by atomic mass is 31.2. The van der Waals surface area contributed by atoms with E-state index in [9.17, 15) is 19.0 Å². The van der Waals surface area contributed by atoms with E-state index >= 15 is 0 Å². The molecule has 0 aliphatic carbocycles. The largest absolute Gasteiger partial charge is 0.472 e. The van der Waals surface area contributed by atoms with Crippen molar-refractivity contribution >= 4 is 19.8 Å². The van der Waals surface area contributed by atoms with Crippen LogP contribution >= 0.6 is 7.82 Å². The molecule has 0 aromatic rings. The van der Waals surface area contributed by atoms with Crippen LogP contribution in [0.2, 0.25) is 0 Å². The third-order valence-electron chi connectivity index (χ3n) is 9.75. The Balaban J connectivity index is 4.13. The van der Waals surface area contributed by atoms with E-state index in [0.29, 0.717) is 6.42 Å². The number of esters is 2. The Kier molecular flexibility index (Phi) is 41.5. The van der Waals surface area contributed by atoms with E-state index < -0.39 is 26.5 Å². The number of carbonyl (C=O) groups excluding carboxylic acids is 2. The van der Waals surface area contributed by atoms with Crippen LogP contribution < -0.4 is 5.73 Å². The van der Waals surface area contributed by atoms with Crippen LogP contribution in [-0.4, -0.2) is 49.3 Å². The van der Waals surface area contributed by atoms with E-state index in [1.807, 2.05) is 0 Å². The van der Waals surface area contributed by atoms with Gasteiger partial charge in [-0.15, -0.1) is 0 Å². The van der Waals surface area contributed by atoms with Gasteiger partial charge in [0.25, 0.3) is 0 Å². The lowest BCUT2D eigenvalue weighted by molar-refractivity contribution is -0.161. The molecule has 1 unspecified atom stereocenters. The molecule has 0 saturated heterocycles. The van der Waals surface area contributed by atoms with Gasteiger partial charge in [-0.3, -0.25) is 18.6 Å². The quantitative estimate of drug-likeness (QED) is 0.0267. The van der Waals surface area contributed by atoms with E-state index in [1.54, 1.807) is 0 Å². The second-order valence-corrected chi connectivity index (χ2v) is 16.7. The summed E-state index contributed by atoms with van der Waals surface area (Å²) in [5, 5.41) is 0. The summed E-state index contributed by atoms with van der Waals surface area (Å²) in [6.45, 7) is 3.71. The number of unbranched alkanes of at least 4 members (excludes halogenated alkanes) is 24. The highest BCUT2D eigenvalue weighted by Crippen LogP contribution is 2.43. The molecule has 0 heterocycles. The van der Waals surface area contributed by atoms with Crippen molar-refractivity contribution in [2.24, 2.45) is 5.73 Å². The van der Waals surface area contributed by atoms with Crippen molar-refractivity contribution in [2.45, 2.75) is 219 Å². The van der Waals surface area contributed by atoms with E-state index in [2.05, 4.69) is 50.3 Å². The van der Waals surface area contributed by atoms with Crippen LogP contribution in [0.3, 0.4) is 0 Å². The fourth-order valence-corrected chi connectivity index (χ4v) is 7.07. The zero-order valence-corrected chi connectivity index (χ0v) is 37.0. The highest BCUT2D eigenvalue weighted by molar-refractivity contribution is 7.47. The molecule has 0 aliphatic rings. The van der Waals surface area contributed by atoms with Gasteiger partial charge in [-0.1, -0.05) is 166 Å². The molecule has 0 bridgehead atoms. The number of allylic oxidation sites excluding steroid dienone is 6. The molecule has 0 radical (unpaired) electrons. The maximum Gasteiger partial charge on any atom is 0.472 e. The first kappa shape index (κ1) is 54.2.